The highest BCUT2D eigenvalue weighted by atomic mass is 16.4. The smallest absolute Gasteiger partial charge is 0.303 e. The van der Waals surface area contributed by atoms with Gasteiger partial charge in [0.25, 0.3) is 0 Å². The predicted octanol–water partition coefficient (Wildman–Crippen LogP) is 0.416. The van der Waals surface area contributed by atoms with Crippen molar-refractivity contribution >= 4 is 17.8 Å². The molecule has 0 bridgehead atoms. The Labute approximate surface area is 106 Å². The zero-order valence-electron chi connectivity index (χ0n) is 10.4. The van der Waals surface area contributed by atoms with Crippen molar-refractivity contribution in [1.82, 2.24) is 10.6 Å². The third kappa shape index (κ3) is 5.65. The van der Waals surface area contributed by atoms with Gasteiger partial charge >= 0.3 is 5.97 Å². The van der Waals surface area contributed by atoms with E-state index in [4.69, 9.17) is 5.11 Å². The number of rotatable bonds is 6. The Hall–Kier alpha value is -1.59. The SMILES string of the molecule is O=C(O)CCCCC(=O)NC1CCCCNC1=O. The highest BCUT2D eigenvalue weighted by Gasteiger charge is 2.21. The van der Waals surface area contributed by atoms with Crippen LogP contribution in [0.2, 0.25) is 0 Å². The molecule has 0 aromatic heterocycles. The summed E-state index contributed by atoms with van der Waals surface area (Å²) in [5.41, 5.74) is 0. The van der Waals surface area contributed by atoms with Crippen LogP contribution in [0.4, 0.5) is 0 Å². The zero-order valence-corrected chi connectivity index (χ0v) is 10.4. The average molecular weight is 256 g/mol. The van der Waals surface area contributed by atoms with E-state index in [-0.39, 0.29) is 24.7 Å². The van der Waals surface area contributed by atoms with Crippen LogP contribution in [0, 0.1) is 0 Å². The predicted molar refractivity (Wildman–Crippen MR) is 64.9 cm³/mol. The van der Waals surface area contributed by atoms with Gasteiger partial charge in [-0.25, -0.2) is 0 Å². The van der Waals surface area contributed by atoms with Crippen LogP contribution in [0.1, 0.15) is 44.9 Å². The Morgan fingerprint density at radius 2 is 2.00 bits per heavy atom. The topological polar surface area (TPSA) is 95.5 Å². The number of carbonyl (C=O) groups excluding carboxylic acids is 2. The van der Waals surface area contributed by atoms with Crippen molar-refractivity contribution in [2.75, 3.05) is 6.54 Å². The molecule has 0 radical (unpaired) electrons. The van der Waals surface area contributed by atoms with E-state index in [2.05, 4.69) is 10.6 Å². The second-order valence-corrected chi connectivity index (χ2v) is 4.51. The molecule has 0 saturated carbocycles. The Morgan fingerprint density at radius 3 is 2.72 bits per heavy atom. The van der Waals surface area contributed by atoms with E-state index in [1.807, 2.05) is 0 Å². The standard InChI is InChI=1S/C12H20N2O4/c15-10(6-1-2-7-11(16)17)14-9-5-3-4-8-13-12(9)18/h9H,1-8H2,(H,13,18)(H,14,15)(H,16,17). The number of hydrogen-bond acceptors (Lipinski definition) is 3. The molecule has 1 unspecified atom stereocenters. The van der Waals surface area contributed by atoms with E-state index < -0.39 is 12.0 Å². The Kier molecular flexibility index (Phi) is 6.18. The van der Waals surface area contributed by atoms with Crippen LogP contribution in [0.3, 0.4) is 0 Å². The molecule has 18 heavy (non-hydrogen) atoms. The normalized spacial score (nSPS) is 19.8. The number of carboxylic acid groups (broad SMARTS) is 1. The van der Waals surface area contributed by atoms with E-state index in [0.29, 0.717) is 25.8 Å². The van der Waals surface area contributed by atoms with Crippen LogP contribution in [-0.2, 0) is 14.4 Å². The number of carboxylic acids is 1. The van der Waals surface area contributed by atoms with Gasteiger partial charge in [0.05, 0.1) is 0 Å². The average Bonchev–Trinajstić information content (AvgIpc) is 2.50. The summed E-state index contributed by atoms with van der Waals surface area (Å²) in [4.78, 5) is 33.4. The van der Waals surface area contributed by atoms with Crippen molar-refractivity contribution < 1.29 is 19.5 Å². The van der Waals surface area contributed by atoms with Gasteiger partial charge in [-0.2, -0.15) is 0 Å². The summed E-state index contributed by atoms with van der Waals surface area (Å²) >= 11 is 0. The lowest BCUT2D eigenvalue weighted by Gasteiger charge is -2.14. The largest absolute Gasteiger partial charge is 0.481 e. The van der Waals surface area contributed by atoms with Crippen molar-refractivity contribution in [3.63, 3.8) is 0 Å². The summed E-state index contributed by atoms with van der Waals surface area (Å²) in [5, 5.41) is 13.9. The summed E-state index contributed by atoms with van der Waals surface area (Å²) in [7, 11) is 0. The maximum Gasteiger partial charge on any atom is 0.303 e. The molecule has 6 nitrogen and oxygen atoms in total. The van der Waals surface area contributed by atoms with E-state index >= 15 is 0 Å². The fourth-order valence-electron chi connectivity index (χ4n) is 1.91. The molecule has 6 heteroatoms. The molecule has 1 atom stereocenters. The molecule has 1 saturated heterocycles. The maximum absolute atomic E-state index is 11.6. The lowest BCUT2D eigenvalue weighted by molar-refractivity contribution is -0.137. The number of carbonyl (C=O) groups is 3. The Balaban J connectivity index is 2.21. The Bertz CT molecular complexity index is 317. The van der Waals surface area contributed by atoms with Gasteiger partial charge in [0.1, 0.15) is 6.04 Å². The van der Waals surface area contributed by atoms with E-state index in [1.165, 1.54) is 0 Å². The van der Waals surface area contributed by atoms with Crippen molar-refractivity contribution in [2.45, 2.75) is 51.0 Å². The summed E-state index contributed by atoms with van der Waals surface area (Å²) in [6, 6.07) is -0.431. The third-order valence-corrected chi connectivity index (χ3v) is 2.91. The van der Waals surface area contributed by atoms with E-state index in [0.717, 1.165) is 12.8 Å². The molecular weight excluding hydrogens is 236 g/mol. The first-order chi connectivity index (χ1) is 8.59. The van der Waals surface area contributed by atoms with Crippen molar-refractivity contribution in [1.29, 1.82) is 0 Å². The van der Waals surface area contributed by atoms with Gasteiger partial charge in [0, 0.05) is 19.4 Å². The first-order valence-electron chi connectivity index (χ1n) is 6.38. The van der Waals surface area contributed by atoms with Crippen LogP contribution in [0.15, 0.2) is 0 Å². The summed E-state index contributed by atoms with van der Waals surface area (Å²) in [6.07, 6.45) is 3.91. The van der Waals surface area contributed by atoms with Gasteiger partial charge in [0.2, 0.25) is 11.8 Å². The minimum absolute atomic E-state index is 0.0806. The Morgan fingerprint density at radius 1 is 1.28 bits per heavy atom. The molecule has 1 rings (SSSR count). The van der Waals surface area contributed by atoms with Crippen LogP contribution in [-0.4, -0.2) is 35.5 Å². The second kappa shape index (κ2) is 7.68. The van der Waals surface area contributed by atoms with Crippen LogP contribution >= 0.6 is 0 Å². The van der Waals surface area contributed by atoms with Crippen LogP contribution < -0.4 is 10.6 Å². The first-order valence-corrected chi connectivity index (χ1v) is 6.38. The molecule has 0 aromatic rings. The van der Waals surface area contributed by atoms with Gasteiger partial charge in [-0.1, -0.05) is 0 Å². The first kappa shape index (κ1) is 14.5. The van der Waals surface area contributed by atoms with Crippen molar-refractivity contribution in [3.8, 4) is 0 Å². The fourth-order valence-corrected chi connectivity index (χ4v) is 1.91. The molecule has 1 aliphatic rings. The molecule has 2 amide bonds. The molecule has 3 N–H and O–H groups in total. The van der Waals surface area contributed by atoms with Gasteiger partial charge in [-0.3, -0.25) is 14.4 Å². The van der Waals surface area contributed by atoms with Crippen molar-refractivity contribution in [2.24, 2.45) is 0 Å². The van der Waals surface area contributed by atoms with Gasteiger partial charge in [-0.05, 0) is 32.1 Å². The monoisotopic (exact) mass is 256 g/mol. The van der Waals surface area contributed by atoms with Gasteiger partial charge in [-0.15, -0.1) is 0 Å². The summed E-state index contributed by atoms with van der Waals surface area (Å²) in [6.45, 7) is 0.670. The molecule has 102 valence electrons. The molecular formula is C12H20N2O4. The number of nitrogens with one attached hydrogen (secondary N) is 2. The number of aliphatic carboxylic acids is 1. The highest BCUT2D eigenvalue weighted by molar-refractivity contribution is 5.87. The van der Waals surface area contributed by atoms with E-state index in [1.54, 1.807) is 0 Å². The minimum Gasteiger partial charge on any atom is -0.481 e. The number of unbranched alkanes of at least 4 members (excludes halogenated alkanes) is 1. The van der Waals surface area contributed by atoms with Gasteiger partial charge < -0.3 is 15.7 Å². The zero-order chi connectivity index (χ0) is 13.4. The summed E-state index contributed by atoms with van der Waals surface area (Å²) < 4.78 is 0. The molecule has 0 aliphatic carbocycles. The number of hydrogen-bond donors (Lipinski definition) is 3. The molecule has 0 aromatic carbocycles. The lowest BCUT2D eigenvalue weighted by atomic mass is 10.1. The van der Waals surface area contributed by atoms with E-state index in [9.17, 15) is 14.4 Å². The summed E-state index contributed by atoms with van der Waals surface area (Å²) in [5.74, 6) is -1.15. The van der Waals surface area contributed by atoms with Crippen LogP contribution in [0.5, 0.6) is 0 Å². The molecule has 1 aliphatic heterocycles. The third-order valence-electron chi connectivity index (χ3n) is 2.91. The second-order valence-electron chi connectivity index (χ2n) is 4.51. The number of amides is 2. The minimum atomic E-state index is -0.849. The quantitative estimate of drug-likeness (QED) is 0.600. The fraction of sp³-hybridized carbons (Fsp3) is 0.750. The van der Waals surface area contributed by atoms with Crippen molar-refractivity contribution in [3.05, 3.63) is 0 Å². The highest BCUT2D eigenvalue weighted by Crippen LogP contribution is 2.06. The molecule has 1 fully saturated rings. The lowest BCUT2D eigenvalue weighted by Crippen LogP contribution is -2.45. The van der Waals surface area contributed by atoms with Gasteiger partial charge in [0.15, 0.2) is 0 Å². The molecule has 1 heterocycles. The van der Waals surface area contributed by atoms with Crippen LogP contribution in [0.25, 0.3) is 0 Å². The molecule has 0 spiro atoms. The maximum atomic E-state index is 11.6.